The summed E-state index contributed by atoms with van der Waals surface area (Å²) in [6.07, 6.45) is 7.99. The predicted octanol–water partition coefficient (Wildman–Crippen LogP) is -15.5. The first kappa shape index (κ1) is 24.5. The first-order valence-electron chi connectivity index (χ1n) is 10.5. The summed E-state index contributed by atoms with van der Waals surface area (Å²) < 4.78 is 0. The molecule has 0 amide bonds. The van der Waals surface area contributed by atoms with E-state index in [2.05, 4.69) is 92.8 Å². The Morgan fingerprint density at radius 3 is 0.826 bits per heavy atom. The summed E-state index contributed by atoms with van der Waals surface area (Å²) in [5, 5.41) is 0. The molecule has 0 nitrogen and oxygen atoms in total. The highest BCUT2D eigenvalue weighted by Gasteiger charge is 2.48. The molecule has 0 aliphatic rings. The lowest BCUT2D eigenvalue weighted by atomic mass is 8.36. The first-order chi connectivity index (χ1) is 10.5. The van der Waals surface area contributed by atoms with E-state index in [9.17, 15) is 0 Å². The van der Waals surface area contributed by atoms with Gasteiger partial charge in [-0.1, -0.05) is 0 Å². The van der Waals surface area contributed by atoms with Crippen molar-refractivity contribution in [2.45, 2.75) is 0 Å². The lowest BCUT2D eigenvalue weighted by Gasteiger charge is -2.44. The van der Waals surface area contributed by atoms with Gasteiger partial charge in [-0.2, -0.15) is 0 Å². The minimum Gasteiger partial charge on any atom is 0.000318 e. The van der Waals surface area contributed by atoms with Crippen molar-refractivity contribution in [3.63, 3.8) is 0 Å². The molecule has 0 heterocycles. The molecule has 0 radical (unpaired) electrons. The highest BCUT2D eigenvalue weighted by Crippen LogP contribution is 2.09. The van der Waals surface area contributed by atoms with E-state index in [0.29, 0.717) is 0 Å². The Labute approximate surface area is 163 Å². The maximum Gasteiger partial charge on any atom is 0.0594 e. The van der Waals surface area contributed by atoms with Gasteiger partial charge in [0, 0.05) is 70.9 Å². The second kappa shape index (κ2) is 11.3. The average Bonchev–Trinajstić information content (AvgIpc) is 2.36. The van der Waals surface area contributed by atoms with E-state index in [-0.39, 0.29) is 0 Å². The molecule has 0 aromatic carbocycles. The van der Waals surface area contributed by atoms with Crippen LogP contribution in [0.25, 0.3) is 0 Å². The van der Waals surface area contributed by atoms with Crippen LogP contribution < -0.4 is 0 Å². The summed E-state index contributed by atoms with van der Waals surface area (Å²) in [7, 11) is 30.8. The fraction of sp³-hybridized carbons (Fsp3) is 0. The maximum atomic E-state index is 2.51. The van der Waals surface area contributed by atoms with E-state index in [0.717, 1.165) is 63.9 Å². The summed E-state index contributed by atoms with van der Waals surface area (Å²) in [5.41, 5.74) is 0. The van der Waals surface area contributed by atoms with Gasteiger partial charge in [-0.3, -0.25) is 0 Å². The van der Waals surface area contributed by atoms with Crippen LogP contribution in [0.1, 0.15) is 0 Å². The highest BCUT2D eigenvalue weighted by molar-refractivity contribution is 8.22. The molecule has 0 aliphatic carbocycles. The third kappa shape index (κ3) is 6.96. The van der Waals surface area contributed by atoms with Gasteiger partial charge < -0.3 is 0 Å². The molecule has 23 heteroatoms. The van der Waals surface area contributed by atoms with Crippen LogP contribution in [0.4, 0.5) is 0 Å². The van der Waals surface area contributed by atoms with Gasteiger partial charge in [-0.25, -0.2) is 0 Å². The lowest BCUT2D eigenvalue weighted by Crippen LogP contribution is -2.83. The van der Waals surface area contributed by atoms with Crippen LogP contribution in [0.15, 0.2) is 0 Å². The Balaban J connectivity index is 6.12. The summed E-state index contributed by atoms with van der Waals surface area (Å²) >= 11 is 0. The summed E-state index contributed by atoms with van der Waals surface area (Å²) in [5.74, 6) is 0. The van der Waals surface area contributed by atoms with E-state index in [1.165, 1.54) is 7.06 Å². The van der Waals surface area contributed by atoms with Crippen molar-refractivity contribution in [3.8, 4) is 0 Å². The smallest absolute Gasteiger partial charge is 0.000318 e. The standard InChI is InChI=1S/B23H25/c1-13-19(12)22(18(10)11)23(20(14(2)3)15(4)5)21(16(6)7)17(8)9/h13H,1-12H2. The minimum absolute atomic E-state index is 0.769. The Morgan fingerprint density at radius 2 is 0.652 bits per heavy atom. The van der Waals surface area contributed by atoms with Crippen LogP contribution in [-0.4, -0.2) is 164 Å². The Kier molecular flexibility index (Phi) is 12.0. The second-order valence-corrected chi connectivity index (χ2v) is 9.92. The fourth-order valence-corrected chi connectivity index (χ4v) is 5.84. The molecule has 0 unspecified atom stereocenters. The molecule has 23 heavy (non-hydrogen) atoms. The molecule has 0 spiro atoms. The Hall–Kier alpha value is 1.49. The summed E-state index contributed by atoms with van der Waals surface area (Å²) in [6.45, 7) is 0. The quantitative estimate of drug-likeness (QED) is 0.347. The molecule has 0 saturated heterocycles. The van der Waals surface area contributed by atoms with Crippen molar-refractivity contribution in [3.05, 3.63) is 0 Å². The van der Waals surface area contributed by atoms with Gasteiger partial charge in [0.05, 0.1) is 92.8 Å². The van der Waals surface area contributed by atoms with Crippen molar-refractivity contribution in [1.29, 1.82) is 0 Å². The summed E-state index contributed by atoms with van der Waals surface area (Å²) in [4.78, 5) is 0. The van der Waals surface area contributed by atoms with Crippen molar-refractivity contribution in [2.75, 3.05) is 0 Å². The molecule has 0 N–H and O–H groups in total. The molecule has 0 aromatic rings. The topological polar surface area (TPSA) is 0 Å². The number of hydrogen-bond donors (Lipinski definition) is 0. The van der Waals surface area contributed by atoms with Crippen molar-refractivity contribution in [1.82, 2.24) is 0 Å². The molecule has 0 saturated carbocycles. The van der Waals surface area contributed by atoms with Gasteiger partial charge in [0.1, 0.15) is 0 Å². The van der Waals surface area contributed by atoms with Crippen LogP contribution in [0.2, 0.25) is 0 Å². The molecule has 0 fully saturated rings. The van der Waals surface area contributed by atoms with Crippen molar-refractivity contribution >= 4 is 164 Å². The largest absolute Gasteiger partial charge is 0.0594 e. The number of hydrogen-bond acceptors (Lipinski definition) is 0. The van der Waals surface area contributed by atoms with Gasteiger partial charge in [0.25, 0.3) is 0 Å². The Bertz CT molecular complexity index is 261. The van der Waals surface area contributed by atoms with Gasteiger partial charge >= 0.3 is 0 Å². The van der Waals surface area contributed by atoms with Gasteiger partial charge in [-0.15, -0.1) is 0 Å². The molecule has 0 rings (SSSR count). The second-order valence-electron chi connectivity index (χ2n) is 9.92. The molecule has 94 valence electrons. The fourth-order valence-electron chi connectivity index (χ4n) is 5.84. The van der Waals surface area contributed by atoms with E-state index < -0.39 is 0 Å². The highest BCUT2D eigenvalue weighted by atomic mass is 13.3. The summed E-state index contributed by atoms with van der Waals surface area (Å²) in [6, 6.07) is 0. The molecule has 0 aromatic heterocycles. The molecule has 0 aliphatic heterocycles. The van der Waals surface area contributed by atoms with Crippen LogP contribution in [0, 0.1) is 0 Å². The van der Waals surface area contributed by atoms with Gasteiger partial charge in [0.2, 0.25) is 0 Å². The van der Waals surface area contributed by atoms with E-state index >= 15 is 0 Å². The third-order valence-electron chi connectivity index (χ3n) is 6.48. The zero-order valence-electron chi connectivity index (χ0n) is 18.5. The van der Waals surface area contributed by atoms with Crippen LogP contribution in [0.3, 0.4) is 0 Å². The van der Waals surface area contributed by atoms with Crippen LogP contribution >= 0.6 is 0 Å². The van der Waals surface area contributed by atoms with E-state index in [1.807, 2.05) is 0 Å². The average molecular weight is 274 g/mol. The SMILES string of the molecule is BBB(B)B(B(B)B)B(B(B(B)B)B(B)B)B(B(B)B)B(B)B. The van der Waals surface area contributed by atoms with Crippen LogP contribution in [0.5, 0.6) is 0 Å². The zero-order valence-corrected chi connectivity index (χ0v) is 18.5. The third-order valence-corrected chi connectivity index (χ3v) is 6.48. The monoisotopic (exact) mass is 278 g/mol. The minimum atomic E-state index is 0.769. The molecular formula is H25B23. The van der Waals surface area contributed by atoms with Gasteiger partial charge in [-0.05, 0) is 0 Å². The van der Waals surface area contributed by atoms with Crippen molar-refractivity contribution in [2.24, 2.45) is 0 Å². The number of rotatable bonds is 10. The molecular weight excluding hydrogens is 249 g/mol. The van der Waals surface area contributed by atoms with Crippen molar-refractivity contribution < 1.29 is 0 Å². The Morgan fingerprint density at radius 1 is 0.391 bits per heavy atom. The maximum absolute atomic E-state index is 2.51. The van der Waals surface area contributed by atoms with E-state index in [4.69, 9.17) is 0 Å². The van der Waals surface area contributed by atoms with Crippen LogP contribution in [-0.2, 0) is 0 Å². The predicted molar refractivity (Wildman–Crippen MR) is 167 cm³/mol. The van der Waals surface area contributed by atoms with E-state index in [1.54, 1.807) is 0 Å². The normalized spacial score (nSPS) is 9.22. The first-order valence-corrected chi connectivity index (χ1v) is 10.5. The lowest BCUT2D eigenvalue weighted by molar-refractivity contribution is 3.30. The van der Waals surface area contributed by atoms with Gasteiger partial charge in [0.15, 0.2) is 0 Å². The molecule has 0 bridgehead atoms. The zero-order chi connectivity index (χ0) is 18.5. The molecule has 0 atom stereocenters.